The molecule has 2 amide bonds. The zero-order valence-corrected chi connectivity index (χ0v) is 16.8. The monoisotopic (exact) mass is 414 g/mol. The van der Waals surface area contributed by atoms with Crippen LogP contribution in [0.5, 0.6) is 5.75 Å². The van der Waals surface area contributed by atoms with Crippen molar-refractivity contribution in [3.63, 3.8) is 0 Å². The Kier molecular flexibility index (Phi) is 6.68. The summed E-state index contributed by atoms with van der Waals surface area (Å²) in [7, 11) is 1.62. The van der Waals surface area contributed by atoms with Crippen LogP contribution < -0.4 is 15.4 Å². The quantitative estimate of drug-likeness (QED) is 0.592. The van der Waals surface area contributed by atoms with Crippen LogP contribution in [0.15, 0.2) is 60.0 Å². The van der Waals surface area contributed by atoms with Crippen molar-refractivity contribution in [2.24, 2.45) is 0 Å². The first-order valence-corrected chi connectivity index (χ1v) is 9.88. The Balaban J connectivity index is 1.59. The number of thiophene rings is 1. The standard InChI is InChI=1S/C21H19ClN2O3S/c1-27-16-7-4-14(5-8-16)10-11-23-20(25)15-6-9-17(22)18(13-15)24-21(26)19-3-2-12-28-19/h2-9,12-13H,10-11H2,1H3,(H,23,25)(H,24,26). The van der Waals surface area contributed by atoms with Crippen molar-refractivity contribution in [1.82, 2.24) is 5.32 Å². The number of amides is 2. The van der Waals surface area contributed by atoms with E-state index in [4.69, 9.17) is 16.3 Å². The molecule has 2 aromatic carbocycles. The lowest BCUT2D eigenvalue weighted by Crippen LogP contribution is -2.25. The van der Waals surface area contributed by atoms with Crippen molar-refractivity contribution >= 4 is 40.4 Å². The summed E-state index contributed by atoms with van der Waals surface area (Å²) in [6.07, 6.45) is 0.700. The smallest absolute Gasteiger partial charge is 0.265 e. The van der Waals surface area contributed by atoms with E-state index in [1.807, 2.05) is 29.6 Å². The maximum absolute atomic E-state index is 12.4. The van der Waals surface area contributed by atoms with Crippen LogP contribution in [0, 0.1) is 0 Å². The van der Waals surface area contributed by atoms with Crippen molar-refractivity contribution in [2.75, 3.05) is 19.0 Å². The zero-order chi connectivity index (χ0) is 19.9. The maximum atomic E-state index is 12.4. The van der Waals surface area contributed by atoms with Crippen LogP contribution in [0.2, 0.25) is 5.02 Å². The molecule has 0 radical (unpaired) electrons. The molecular formula is C21H19ClN2O3S. The van der Waals surface area contributed by atoms with Gasteiger partial charge in [-0.25, -0.2) is 0 Å². The van der Waals surface area contributed by atoms with Gasteiger partial charge in [-0.05, 0) is 53.8 Å². The molecular weight excluding hydrogens is 396 g/mol. The average Bonchev–Trinajstić information content (AvgIpc) is 3.25. The molecule has 0 saturated heterocycles. The van der Waals surface area contributed by atoms with Gasteiger partial charge in [-0.3, -0.25) is 9.59 Å². The van der Waals surface area contributed by atoms with Gasteiger partial charge in [0.25, 0.3) is 11.8 Å². The van der Waals surface area contributed by atoms with E-state index in [-0.39, 0.29) is 11.8 Å². The second-order valence-corrected chi connectivity index (χ2v) is 7.33. The van der Waals surface area contributed by atoms with Gasteiger partial charge >= 0.3 is 0 Å². The largest absolute Gasteiger partial charge is 0.497 e. The Morgan fingerprint density at radius 1 is 1.07 bits per heavy atom. The van der Waals surface area contributed by atoms with E-state index >= 15 is 0 Å². The summed E-state index contributed by atoms with van der Waals surface area (Å²) in [5.74, 6) is 0.317. The highest BCUT2D eigenvalue weighted by molar-refractivity contribution is 7.12. The number of rotatable bonds is 7. The molecule has 0 fully saturated rings. The van der Waals surface area contributed by atoms with Gasteiger partial charge in [0.05, 0.1) is 22.7 Å². The highest BCUT2D eigenvalue weighted by Gasteiger charge is 2.12. The highest BCUT2D eigenvalue weighted by Crippen LogP contribution is 2.24. The molecule has 0 aliphatic heterocycles. The molecule has 1 aromatic heterocycles. The van der Waals surface area contributed by atoms with E-state index in [0.717, 1.165) is 11.3 Å². The number of anilines is 1. The molecule has 0 spiro atoms. The lowest BCUT2D eigenvalue weighted by molar-refractivity contribution is 0.0952. The first kappa shape index (κ1) is 19.9. The van der Waals surface area contributed by atoms with Crippen LogP contribution >= 0.6 is 22.9 Å². The SMILES string of the molecule is COc1ccc(CCNC(=O)c2ccc(Cl)c(NC(=O)c3cccs3)c2)cc1. The summed E-state index contributed by atoms with van der Waals surface area (Å²) in [4.78, 5) is 25.2. The van der Waals surface area contributed by atoms with Crippen LogP contribution in [0.1, 0.15) is 25.6 Å². The van der Waals surface area contributed by atoms with Gasteiger partial charge in [-0.2, -0.15) is 0 Å². The van der Waals surface area contributed by atoms with E-state index < -0.39 is 0 Å². The Morgan fingerprint density at radius 2 is 1.86 bits per heavy atom. The third-order valence-electron chi connectivity index (χ3n) is 4.08. The fourth-order valence-electron chi connectivity index (χ4n) is 2.57. The summed E-state index contributed by atoms with van der Waals surface area (Å²) >= 11 is 7.50. The molecule has 0 aliphatic carbocycles. The molecule has 1 heterocycles. The number of carbonyl (C=O) groups excluding carboxylic acids is 2. The lowest BCUT2D eigenvalue weighted by Gasteiger charge is -2.10. The summed E-state index contributed by atoms with van der Waals surface area (Å²) < 4.78 is 5.13. The maximum Gasteiger partial charge on any atom is 0.265 e. The average molecular weight is 415 g/mol. The van der Waals surface area contributed by atoms with Crippen molar-refractivity contribution in [3.05, 3.63) is 81.0 Å². The van der Waals surface area contributed by atoms with Crippen LogP contribution in [0.3, 0.4) is 0 Å². The first-order valence-electron chi connectivity index (χ1n) is 8.62. The van der Waals surface area contributed by atoms with Crippen LogP contribution in [-0.2, 0) is 6.42 Å². The van der Waals surface area contributed by atoms with Crippen LogP contribution in [0.25, 0.3) is 0 Å². The molecule has 7 heteroatoms. The van der Waals surface area contributed by atoms with Gasteiger partial charge < -0.3 is 15.4 Å². The van der Waals surface area contributed by atoms with Gasteiger partial charge in [-0.15, -0.1) is 11.3 Å². The fourth-order valence-corrected chi connectivity index (χ4v) is 3.35. The normalized spacial score (nSPS) is 10.4. The minimum Gasteiger partial charge on any atom is -0.497 e. The number of ether oxygens (including phenoxy) is 1. The molecule has 0 bridgehead atoms. The van der Waals surface area contributed by atoms with Crippen molar-refractivity contribution in [1.29, 1.82) is 0 Å². The number of hydrogen-bond acceptors (Lipinski definition) is 4. The Hall–Kier alpha value is -2.83. The van der Waals surface area contributed by atoms with E-state index in [1.54, 1.807) is 37.4 Å². The van der Waals surface area contributed by atoms with Crippen LogP contribution in [0.4, 0.5) is 5.69 Å². The lowest BCUT2D eigenvalue weighted by atomic mass is 10.1. The van der Waals surface area contributed by atoms with Crippen molar-refractivity contribution < 1.29 is 14.3 Å². The van der Waals surface area contributed by atoms with Gasteiger partial charge in [0.15, 0.2) is 0 Å². The Labute approximate surface area is 172 Å². The summed E-state index contributed by atoms with van der Waals surface area (Å²) in [5.41, 5.74) is 1.93. The first-order chi connectivity index (χ1) is 13.6. The molecule has 0 atom stereocenters. The van der Waals surface area contributed by atoms with Gasteiger partial charge in [0.1, 0.15) is 5.75 Å². The number of hydrogen-bond donors (Lipinski definition) is 2. The predicted octanol–water partition coefficient (Wildman–Crippen LogP) is 4.63. The number of carbonyl (C=O) groups is 2. The zero-order valence-electron chi connectivity index (χ0n) is 15.2. The molecule has 0 unspecified atom stereocenters. The van der Waals surface area contributed by atoms with Crippen molar-refractivity contribution in [2.45, 2.75) is 6.42 Å². The number of halogens is 1. The van der Waals surface area contributed by atoms with E-state index in [2.05, 4.69) is 10.6 Å². The van der Waals surface area contributed by atoms with Gasteiger partial charge in [0.2, 0.25) is 0 Å². The van der Waals surface area contributed by atoms with Gasteiger partial charge in [-0.1, -0.05) is 29.8 Å². The number of benzene rings is 2. The topological polar surface area (TPSA) is 67.4 Å². The number of nitrogens with one attached hydrogen (secondary N) is 2. The molecule has 3 rings (SSSR count). The minimum atomic E-state index is -0.256. The highest BCUT2D eigenvalue weighted by atomic mass is 35.5. The fraction of sp³-hybridized carbons (Fsp3) is 0.143. The number of methoxy groups -OCH3 is 1. The Morgan fingerprint density at radius 3 is 2.54 bits per heavy atom. The summed E-state index contributed by atoms with van der Waals surface area (Å²) in [6, 6.07) is 16.0. The second-order valence-electron chi connectivity index (χ2n) is 5.98. The van der Waals surface area contributed by atoms with Gasteiger partial charge in [0, 0.05) is 12.1 Å². The summed E-state index contributed by atoms with van der Waals surface area (Å²) in [5, 5.41) is 7.83. The second kappa shape index (κ2) is 9.39. The van der Waals surface area contributed by atoms with Crippen LogP contribution in [-0.4, -0.2) is 25.5 Å². The summed E-state index contributed by atoms with van der Waals surface area (Å²) in [6.45, 7) is 0.491. The van der Waals surface area contributed by atoms with E-state index in [9.17, 15) is 9.59 Å². The molecule has 28 heavy (non-hydrogen) atoms. The molecule has 5 nitrogen and oxygen atoms in total. The van der Waals surface area contributed by atoms with E-state index in [0.29, 0.717) is 34.1 Å². The van der Waals surface area contributed by atoms with E-state index in [1.165, 1.54) is 11.3 Å². The predicted molar refractivity (Wildman–Crippen MR) is 113 cm³/mol. The minimum absolute atomic E-state index is 0.225. The Bertz CT molecular complexity index is 956. The third kappa shape index (κ3) is 5.12. The molecule has 3 aromatic rings. The third-order valence-corrected chi connectivity index (χ3v) is 5.28. The molecule has 144 valence electrons. The van der Waals surface area contributed by atoms with Crippen molar-refractivity contribution in [3.8, 4) is 5.75 Å². The molecule has 2 N–H and O–H groups in total. The molecule has 0 aliphatic rings. The molecule has 0 saturated carbocycles.